The Morgan fingerprint density at radius 1 is 0.676 bits per heavy atom. The lowest BCUT2D eigenvalue weighted by Gasteiger charge is -2.10. The van der Waals surface area contributed by atoms with Crippen molar-refractivity contribution < 1.29 is 22.3 Å². The van der Waals surface area contributed by atoms with Crippen LogP contribution in [0.1, 0.15) is 29.5 Å². The third-order valence-corrected chi connectivity index (χ3v) is 6.01. The van der Waals surface area contributed by atoms with Crippen molar-refractivity contribution in [3.63, 3.8) is 0 Å². The van der Waals surface area contributed by atoms with Crippen molar-refractivity contribution in [1.29, 1.82) is 0 Å². The predicted molar refractivity (Wildman–Crippen MR) is 142 cm³/mol. The van der Waals surface area contributed by atoms with Gasteiger partial charge >= 0.3 is 0 Å². The predicted octanol–water partition coefficient (Wildman–Crippen LogP) is 9.40. The second kappa shape index (κ2) is 11.7. The second-order valence-corrected chi connectivity index (χ2v) is 8.67. The maximum atomic E-state index is 14.7. The third-order valence-electron chi connectivity index (χ3n) is 6.01. The van der Waals surface area contributed by atoms with Gasteiger partial charge in [-0.2, -0.15) is 4.39 Å². The van der Waals surface area contributed by atoms with Gasteiger partial charge in [0.1, 0.15) is 0 Å². The summed E-state index contributed by atoms with van der Waals surface area (Å²) in [7, 11) is 0. The molecule has 5 heteroatoms. The van der Waals surface area contributed by atoms with Gasteiger partial charge < -0.3 is 4.74 Å². The molecule has 4 aromatic carbocycles. The van der Waals surface area contributed by atoms with Crippen LogP contribution >= 0.6 is 0 Å². The van der Waals surface area contributed by atoms with Gasteiger partial charge in [-0.3, -0.25) is 0 Å². The van der Waals surface area contributed by atoms with Gasteiger partial charge in [-0.05, 0) is 48.6 Å². The van der Waals surface area contributed by atoms with E-state index in [1.54, 1.807) is 54.6 Å². The maximum absolute atomic E-state index is 14.7. The summed E-state index contributed by atoms with van der Waals surface area (Å²) in [6, 6.07) is 19.8. The van der Waals surface area contributed by atoms with Crippen molar-refractivity contribution in [2.24, 2.45) is 0 Å². The number of benzene rings is 4. The lowest BCUT2D eigenvalue weighted by atomic mass is 10.0. The van der Waals surface area contributed by atoms with Crippen LogP contribution in [0.25, 0.3) is 34.4 Å². The first-order chi connectivity index (χ1) is 17.9. The topological polar surface area (TPSA) is 9.23 Å². The molecular formula is C32H26F4O. The Morgan fingerprint density at radius 3 is 1.92 bits per heavy atom. The van der Waals surface area contributed by atoms with Crippen molar-refractivity contribution in [3.8, 4) is 28.0 Å². The van der Waals surface area contributed by atoms with E-state index in [1.807, 2.05) is 19.1 Å². The molecule has 0 aliphatic heterocycles. The number of halogens is 4. The zero-order valence-electron chi connectivity index (χ0n) is 20.4. The molecular weight excluding hydrogens is 476 g/mol. The van der Waals surface area contributed by atoms with E-state index < -0.39 is 23.3 Å². The Bertz CT molecular complexity index is 1420. The monoisotopic (exact) mass is 502 g/mol. The largest absolute Gasteiger partial charge is 0.490 e. The molecule has 4 aromatic rings. The quantitative estimate of drug-likeness (QED) is 0.0959. The van der Waals surface area contributed by atoms with Crippen LogP contribution in [0.5, 0.6) is 5.75 Å². The summed E-state index contributed by atoms with van der Waals surface area (Å²) in [5.74, 6) is -4.00. The summed E-state index contributed by atoms with van der Waals surface area (Å²) in [6.45, 7) is 5.80. The Labute approximate surface area is 214 Å². The molecule has 0 amide bonds. The highest BCUT2D eigenvalue weighted by Gasteiger charge is 2.16. The first-order valence-electron chi connectivity index (χ1n) is 11.9. The Balaban J connectivity index is 1.49. The van der Waals surface area contributed by atoms with Crippen molar-refractivity contribution >= 4 is 12.2 Å². The molecule has 0 radical (unpaired) electrons. The average Bonchev–Trinajstić information content (AvgIpc) is 2.91. The Kier molecular flexibility index (Phi) is 8.24. The summed E-state index contributed by atoms with van der Waals surface area (Å²) in [4.78, 5) is 0. The van der Waals surface area contributed by atoms with Crippen LogP contribution in [0.4, 0.5) is 17.6 Å². The number of allylic oxidation sites excluding steroid dienone is 1. The first-order valence-corrected chi connectivity index (χ1v) is 11.9. The maximum Gasteiger partial charge on any atom is 0.201 e. The molecule has 0 spiro atoms. The zero-order valence-corrected chi connectivity index (χ0v) is 20.4. The van der Waals surface area contributed by atoms with E-state index in [2.05, 4.69) is 6.58 Å². The molecule has 0 saturated carbocycles. The minimum Gasteiger partial charge on any atom is -0.490 e. The molecule has 0 aromatic heterocycles. The van der Waals surface area contributed by atoms with Gasteiger partial charge in [-0.25, -0.2) is 13.2 Å². The molecule has 0 aliphatic carbocycles. The van der Waals surface area contributed by atoms with Crippen LogP contribution in [0.15, 0.2) is 85.5 Å². The van der Waals surface area contributed by atoms with Crippen LogP contribution in [0.2, 0.25) is 0 Å². The summed E-state index contributed by atoms with van der Waals surface area (Å²) in [6.07, 6.45) is 6.23. The highest BCUT2D eigenvalue weighted by Crippen LogP contribution is 2.31. The van der Waals surface area contributed by atoms with Crippen LogP contribution in [0, 0.1) is 30.2 Å². The molecule has 0 aliphatic rings. The number of rotatable bonds is 9. The fraction of sp³-hybridized carbons (Fsp3) is 0.125. The summed E-state index contributed by atoms with van der Waals surface area (Å²) >= 11 is 0. The number of hydrogen-bond acceptors (Lipinski definition) is 1. The molecule has 0 saturated heterocycles. The molecule has 1 nitrogen and oxygen atoms in total. The average molecular weight is 503 g/mol. The number of aryl methyl sites for hydroxylation is 1. The van der Waals surface area contributed by atoms with Gasteiger partial charge in [0.15, 0.2) is 23.2 Å². The van der Waals surface area contributed by atoms with Gasteiger partial charge in [0.2, 0.25) is 5.82 Å². The lowest BCUT2D eigenvalue weighted by molar-refractivity contribution is 0.291. The van der Waals surface area contributed by atoms with Crippen LogP contribution < -0.4 is 4.74 Å². The first kappa shape index (κ1) is 26.0. The van der Waals surface area contributed by atoms with E-state index in [4.69, 9.17) is 4.74 Å². The molecule has 37 heavy (non-hydrogen) atoms. The molecule has 0 bridgehead atoms. The highest BCUT2D eigenvalue weighted by atomic mass is 19.2. The minimum absolute atomic E-state index is 0.103. The van der Waals surface area contributed by atoms with Crippen molar-refractivity contribution in [2.75, 3.05) is 6.61 Å². The molecule has 4 rings (SSSR count). The number of unbranched alkanes of at least 4 members (excludes halogenated alkanes) is 1. The van der Waals surface area contributed by atoms with Gasteiger partial charge in [0, 0.05) is 16.7 Å². The van der Waals surface area contributed by atoms with Gasteiger partial charge in [0.05, 0.1) is 6.61 Å². The summed E-state index contributed by atoms with van der Waals surface area (Å²) in [5.41, 5.74) is 3.20. The Morgan fingerprint density at radius 2 is 1.27 bits per heavy atom. The summed E-state index contributed by atoms with van der Waals surface area (Å²) < 4.78 is 63.9. The van der Waals surface area contributed by atoms with E-state index in [9.17, 15) is 17.6 Å². The van der Waals surface area contributed by atoms with Crippen LogP contribution in [-0.2, 0) is 0 Å². The SMILES string of the molecule is C=CCCCOc1ccc(-c2ccc(/C=C/c3ccc(-c4ccc(C)cc4)c(F)c3F)cc2)c(F)c1F. The molecule has 0 heterocycles. The van der Waals surface area contributed by atoms with E-state index >= 15 is 0 Å². The van der Waals surface area contributed by atoms with E-state index in [-0.39, 0.29) is 29.0 Å². The van der Waals surface area contributed by atoms with E-state index in [0.717, 1.165) is 12.0 Å². The second-order valence-electron chi connectivity index (χ2n) is 8.67. The summed E-state index contributed by atoms with van der Waals surface area (Å²) in [5, 5.41) is 0. The zero-order chi connectivity index (χ0) is 26.4. The normalized spacial score (nSPS) is 11.2. The van der Waals surface area contributed by atoms with Crippen LogP contribution in [0.3, 0.4) is 0 Å². The minimum atomic E-state index is -1.04. The molecule has 0 fully saturated rings. The van der Waals surface area contributed by atoms with Crippen molar-refractivity contribution in [3.05, 3.63) is 125 Å². The van der Waals surface area contributed by atoms with E-state index in [1.165, 1.54) is 24.3 Å². The Hall–Kier alpha value is -4.12. The highest BCUT2D eigenvalue weighted by molar-refractivity contribution is 5.74. The number of ether oxygens (including phenoxy) is 1. The molecule has 0 N–H and O–H groups in total. The molecule has 0 unspecified atom stereocenters. The standard InChI is InChI=1S/C32H26F4O/c1-3-4-5-20-37-28-19-18-27(31(35)32(28)36)24-13-8-22(9-14-24)10-15-25-16-17-26(30(34)29(25)33)23-11-6-21(2)7-12-23/h3,6-19H,1,4-5,20H2,2H3/b15-10+. The lowest BCUT2D eigenvalue weighted by Crippen LogP contribution is -2.01. The number of hydrogen-bond donors (Lipinski definition) is 0. The van der Waals surface area contributed by atoms with Crippen LogP contribution in [-0.4, -0.2) is 6.61 Å². The van der Waals surface area contributed by atoms with Crippen molar-refractivity contribution in [1.82, 2.24) is 0 Å². The van der Waals surface area contributed by atoms with Gasteiger partial charge in [-0.15, -0.1) is 6.58 Å². The molecule has 0 atom stereocenters. The van der Waals surface area contributed by atoms with E-state index in [0.29, 0.717) is 23.1 Å². The van der Waals surface area contributed by atoms with Crippen molar-refractivity contribution in [2.45, 2.75) is 19.8 Å². The van der Waals surface area contributed by atoms with Gasteiger partial charge in [0.25, 0.3) is 0 Å². The third kappa shape index (κ3) is 6.00. The smallest absolute Gasteiger partial charge is 0.201 e. The molecule has 188 valence electrons. The van der Waals surface area contributed by atoms with Gasteiger partial charge in [-0.1, -0.05) is 84.5 Å². The fourth-order valence-electron chi connectivity index (χ4n) is 3.88. The fourth-order valence-corrected chi connectivity index (χ4v) is 3.88.